The fourth-order valence-corrected chi connectivity index (χ4v) is 2.89. The third-order valence-corrected chi connectivity index (χ3v) is 4.56. The van der Waals surface area contributed by atoms with Crippen molar-refractivity contribution < 1.29 is 0 Å². The lowest BCUT2D eigenvalue weighted by Gasteiger charge is -2.23. The molecule has 3 heteroatoms. The molecule has 0 radical (unpaired) electrons. The minimum atomic E-state index is 0.536. The third kappa shape index (κ3) is 5.15. The van der Waals surface area contributed by atoms with Crippen LogP contribution in [-0.2, 0) is 0 Å². The van der Waals surface area contributed by atoms with Crippen LogP contribution in [0.2, 0.25) is 0 Å². The van der Waals surface area contributed by atoms with Crippen molar-refractivity contribution in [3.8, 4) is 0 Å². The molecule has 0 bridgehead atoms. The van der Waals surface area contributed by atoms with Crippen LogP contribution in [0.3, 0.4) is 0 Å². The quantitative estimate of drug-likeness (QED) is 0.884. The van der Waals surface area contributed by atoms with E-state index >= 15 is 0 Å². The van der Waals surface area contributed by atoms with E-state index in [2.05, 4.69) is 64.3 Å². The van der Waals surface area contributed by atoms with Gasteiger partial charge >= 0.3 is 0 Å². The third-order valence-electron chi connectivity index (χ3n) is 4.03. The first kappa shape index (κ1) is 14.9. The highest BCUT2D eigenvalue weighted by atomic mass is 79.9. The summed E-state index contributed by atoms with van der Waals surface area (Å²) >= 11 is 3.46. The first-order chi connectivity index (χ1) is 9.05. The molecule has 0 saturated carbocycles. The Morgan fingerprint density at radius 2 is 1.89 bits per heavy atom. The van der Waals surface area contributed by atoms with E-state index in [1.165, 1.54) is 38.0 Å². The van der Waals surface area contributed by atoms with Gasteiger partial charge in [-0.15, -0.1) is 0 Å². The zero-order chi connectivity index (χ0) is 13.7. The van der Waals surface area contributed by atoms with E-state index in [4.69, 9.17) is 0 Å². The van der Waals surface area contributed by atoms with E-state index in [1.54, 1.807) is 0 Å². The number of likely N-dealkylation sites (tertiary alicyclic amines) is 1. The summed E-state index contributed by atoms with van der Waals surface area (Å²) in [7, 11) is 0. The molecule has 1 aromatic carbocycles. The summed E-state index contributed by atoms with van der Waals surface area (Å²) in [6.45, 7) is 9.47. The minimum Gasteiger partial charge on any atom is -0.384 e. The van der Waals surface area contributed by atoms with Crippen molar-refractivity contribution in [3.05, 3.63) is 28.7 Å². The fourth-order valence-electron chi connectivity index (χ4n) is 2.63. The van der Waals surface area contributed by atoms with Crippen molar-refractivity contribution >= 4 is 21.6 Å². The van der Waals surface area contributed by atoms with Crippen LogP contribution < -0.4 is 5.32 Å². The van der Waals surface area contributed by atoms with Crippen LogP contribution in [0.1, 0.15) is 33.1 Å². The maximum Gasteiger partial charge on any atom is 0.0341 e. The summed E-state index contributed by atoms with van der Waals surface area (Å²) in [6.07, 6.45) is 4.03. The molecule has 1 heterocycles. The van der Waals surface area contributed by atoms with Gasteiger partial charge < -0.3 is 10.2 Å². The molecular formula is C16H25BrN2. The average molecular weight is 325 g/mol. The number of benzene rings is 1. The van der Waals surface area contributed by atoms with Gasteiger partial charge in [-0.05, 0) is 62.0 Å². The number of nitrogens with one attached hydrogen (secondary N) is 1. The van der Waals surface area contributed by atoms with Crippen LogP contribution in [-0.4, -0.2) is 31.1 Å². The smallest absolute Gasteiger partial charge is 0.0341 e. The maximum atomic E-state index is 3.50. The van der Waals surface area contributed by atoms with E-state index in [-0.39, 0.29) is 0 Å². The predicted molar refractivity (Wildman–Crippen MR) is 86.7 cm³/mol. The molecule has 1 aliphatic rings. The highest BCUT2D eigenvalue weighted by Crippen LogP contribution is 2.29. The highest BCUT2D eigenvalue weighted by molar-refractivity contribution is 9.10. The van der Waals surface area contributed by atoms with Crippen LogP contribution in [0, 0.1) is 5.41 Å². The van der Waals surface area contributed by atoms with Crippen LogP contribution in [0.25, 0.3) is 0 Å². The first-order valence-corrected chi connectivity index (χ1v) is 8.06. The molecule has 1 saturated heterocycles. The summed E-state index contributed by atoms with van der Waals surface area (Å²) in [5.74, 6) is 0. The molecule has 0 aromatic heterocycles. The Kier molecular flexibility index (Phi) is 5.28. The van der Waals surface area contributed by atoms with Crippen molar-refractivity contribution in [2.45, 2.75) is 33.1 Å². The molecule has 0 unspecified atom stereocenters. The Bertz CT molecular complexity index is 386. The molecule has 0 aliphatic carbocycles. The molecule has 106 valence electrons. The number of anilines is 1. The molecular weight excluding hydrogens is 300 g/mol. The van der Waals surface area contributed by atoms with Gasteiger partial charge in [0.1, 0.15) is 0 Å². The number of halogens is 1. The van der Waals surface area contributed by atoms with Gasteiger partial charge in [0, 0.05) is 23.2 Å². The summed E-state index contributed by atoms with van der Waals surface area (Å²) in [5.41, 5.74) is 1.74. The normalized spacial score (nSPS) is 19.9. The first-order valence-electron chi connectivity index (χ1n) is 7.27. The van der Waals surface area contributed by atoms with Crippen molar-refractivity contribution in [1.29, 1.82) is 0 Å². The average Bonchev–Trinajstić information content (AvgIpc) is 2.53. The summed E-state index contributed by atoms with van der Waals surface area (Å²) in [4.78, 5) is 2.60. The van der Waals surface area contributed by atoms with Gasteiger partial charge in [-0.1, -0.05) is 29.8 Å². The highest BCUT2D eigenvalue weighted by Gasteiger charge is 2.22. The Hall–Kier alpha value is -0.540. The number of nitrogens with zero attached hydrogens (tertiary/aromatic N) is 1. The van der Waals surface area contributed by atoms with Gasteiger partial charge in [0.25, 0.3) is 0 Å². The van der Waals surface area contributed by atoms with Gasteiger partial charge in [0.15, 0.2) is 0 Å². The van der Waals surface area contributed by atoms with Crippen LogP contribution >= 0.6 is 15.9 Å². The Labute approximate surface area is 125 Å². The molecule has 1 fully saturated rings. The molecule has 0 atom stereocenters. The van der Waals surface area contributed by atoms with E-state index in [0.717, 1.165) is 17.6 Å². The monoisotopic (exact) mass is 324 g/mol. The Balaban J connectivity index is 1.72. The van der Waals surface area contributed by atoms with Gasteiger partial charge in [-0.25, -0.2) is 0 Å². The van der Waals surface area contributed by atoms with Crippen LogP contribution in [0.4, 0.5) is 5.69 Å². The van der Waals surface area contributed by atoms with Gasteiger partial charge in [-0.3, -0.25) is 0 Å². The molecule has 2 rings (SSSR count). The second-order valence-corrected chi connectivity index (χ2v) is 7.21. The zero-order valence-electron chi connectivity index (χ0n) is 12.1. The maximum absolute atomic E-state index is 3.50. The van der Waals surface area contributed by atoms with Crippen LogP contribution in [0.5, 0.6) is 0 Å². The van der Waals surface area contributed by atoms with Crippen molar-refractivity contribution in [3.63, 3.8) is 0 Å². The molecule has 0 amide bonds. The number of hydrogen-bond acceptors (Lipinski definition) is 2. The Morgan fingerprint density at radius 1 is 1.16 bits per heavy atom. The van der Waals surface area contributed by atoms with Crippen molar-refractivity contribution in [2.24, 2.45) is 5.41 Å². The second kappa shape index (κ2) is 6.76. The molecule has 1 aromatic rings. The number of hydrogen-bond donors (Lipinski definition) is 1. The van der Waals surface area contributed by atoms with E-state index in [9.17, 15) is 0 Å². The molecule has 1 N–H and O–H groups in total. The predicted octanol–water partition coefficient (Wildman–Crippen LogP) is 4.37. The van der Waals surface area contributed by atoms with E-state index in [0.29, 0.717) is 5.41 Å². The van der Waals surface area contributed by atoms with Gasteiger partial charge in [0.2, 0.25) is 0 Å². The van der Waals surface area contributed by atoms with E-state index in [1.807, 2.05) is 0 Å². The molecule has 2 nitrogen and oxygen atoms in total. The van der Waals surface area contributed by atoms with E-state index < -0.39 is 0 Å². The molecule has 1 aliphatic heterocycles. The van der Waals surface area contributed by atoms with Crippen molar-refractivity contribution in [2.75, 3.05) is 31.5 Å². The minimum absolute atomic E-state index is 0.536. The lowest BCUT2D eigenvalue weighted by atomic mass is 9.85. The van der Waals surface area contributed by atoms with Crippen molar-refractivity contribution in [1.82, 2.24) is 4.90 Å². The molecule has 19 heavy (non-hydrogen) atoms. The molecule has 0 spiro atoms. The fraction of sp³-hybridized carbons (Fsp3) is 0.625. The van der Waals surface area contributed by atoms with Gasteiger partial charge in [0.05, 0.1) is 0 Å². The van der Waals surface area contributed by atoms with Crippen LogP contribution in [0.15, 0.2) is 28.7 Å². The lowest BCUT2D eigenvalue weighted by molar-refractivity contribution is 0.269. The Morgan fingerprint density at radius 3 is 2.63 bits per heavy atom. The second-order valence-electron chi connectivity index (χ2n) is 6.29. The largest absolute Gasteiger partial charge is 0.384 e. The summed E-state index contributed by atoms with van der Waals surface area (Å²) < 4.78 is 1.13. The summed E-state index contributed by atoms with van der Waals surface area (Å²) in [6, 6.07) is 8.40. The van der Waals surface area contributed by atoms with Gasteiger partial charge in [-0.2, -0.15) is 0 Å². The SMILES string of the molecule is CC1(C)CCCN(CCNc2ccc(Br)cc2)CC1. The zero-order valence-corrected chi connectivity index (χ0v) is 13.7. The topological polar surface area (TPSA) is 15.3 Å². The summed E-state index contributed by atoms with van der Waals surface area (Å²) in [5, 5.41) is 3.50. The standard InChI is InChI=1S/C16H25BrN2/c1-16(2)8-3-11-19(12-9-16)13-10-18-15-6-4-14(17)5-7-15/h4-7,18H,3,8-13H2,1-2H3. The lowest BCUT2D eigenvalue weighted by Crippen LogP contribution is -2.30. The number of rotatable bonds is 4.